The number of likely N-dealkylation sites (tertiary alicyclic amines) is 1. The van der Waals surface area contributed by atoms with Crippen molar-refractivity contribution in [3.8, 4) is 0 Å². The first-order chi connectivity index (χ1) is 8.33. The quantitative estimate of drug-likeness (QED) is 0.816. The summed E-state index contributed by atoms with van der Waals surface area (Å²) in [6.07, 6.45) is 9.58. The first-order valence-electron chi connectivity index (χ1n) is 6.71. The zero-order chi connectivity index (χ0) is 11.7. The van der Waals surface area contributed by atoms with E-state index in [1.165, 1.54) is 60.9 Å². The molecule has 0 aromatic carbocycles. The lowest BCUT2D eigenvalue weighted by Crippen LogP contribution is -2.24. The molecule has 1 aliphatic carbocycles. The highest BCUT2D eigenvalue weighted by Crippen LogP contribution is 2.30. The molecule has 0 amide bonds. The third-order valence-corrected chi connectivity index (χ3v) is 5.07. The highest BCUT2D eigenvalue weighted by atomic mass is 32.1. The molecular formula is C14H20N2S. The number of rotatable bonds is 3. The third-order valence-electron chi connectivity index (χ3n) is 3.71. The average molecular weight is 248 g/mol. The van der Waals surface area contributed by atoms with Gasteiger partial charge in [-0.1, -0.05) is 13.0 Å². The van der Waals surface area contributed by atoms with Crippen molar-refractivity contribution in [1.82, 2.24) is 9.88 Å². The molecule has 1 aromatic rings. The van der Waals surface area contributed by atoms with Crippen LogP contribution in [-0.4, -0.2) is 29.5 Å². The molecule has 1 atom stereocenters. The van der Waals surface area contributed by atoms with Crippen LogP contribution in [-0.2, 0) is 6.42 Å². The Morgan fingerprint density at radius 2 is 2.24 bits per heavy atom. The molecule has 1 aliphatic heterocycles. The van der Waals surface area contributed by atoms with Gasteiger partial charge in [-0.3, -0.25) is 0 Å². The number of aryl methyl sites for hydroxylation is 1. The predicted molar refractivity (Wildman–Crippen MR) is 73.6 cm³/mol. The lowest BCUT2D eigenvalue weighted by Gasteiger charge is -2.18. The van der Waals surface area contributed by atoms with Crippen molar-refractivity contribution < 1.29 is 0 Å². The second kappa shape index (κ2) is 4.91. The summed E-state index contributed by atoms with van der Waals surface area (Å²) >= 11 is 1.94. The fourth-order valence-corrected chi connectivity index (χ4v) is 3.85. The van der Waals surface area contributed by atoms with E-state index in [-0.39, 0.29) is 0 Å². The molecule has 0 bridgehead atoms. The van der Waals surface area contributed by atoms with Crippen LogP contribution >= 0.6 is 11.3 Å². The van der Waals surface area contributed by atoms with Crippen LogP contribution < -0.4 is 0 Å². The Bertz CT molecular complexity index is 416. The summed E-state index contributed by atoms with van der Waals surface area (Å²) in [6, 6.07) is 0. The fraction of sp³-hybridized carbons (Fsp3) is 0.643. The zero-order valence-electron chi connectivity index (χ0n) is 10.5. The van der Waals surface area contributed by atoms with Crippen LogP contribution in [0.4, 0.5) is 0 Å². The van der Waals surface area contributed by atoms with Crippen molar-refractivity contribution in [3.63, 3.8) is 0 Å². The summed E-state index contributed by atoms with van der Waals surface area (Å²) in [6.45, 7) is 6.09. The Labute approximate surface area is 107 Å². The van der Waals surface area contributed by atoms with Gasteiger partial charge in [0.1, 0.15) is 0 Å². The van der Waals surface area contributed by atoms with E-state index < -0.39 is 0 Å². The van der Waals surface area contributed by atoms with Crippen molar-refractivity contribution in [2.75, 3.05) is 19.6 Å². The van der Waals surface area contributed by atoms with Gasteiger partial charge in [0.25, 0.3) is 0 Å². The summed E-state index contributed by atoms with van der Waals surface area (Å²) in [4.78, 5) is 8.88. The minimum Gasteiger partial charge on any atom is -0.303 e. The van der Waals surface area contributed by atoms with Crippen LogP contribution in [0.15, 0.2) is 6.08 Å². The SMILES string of the molecule is CC(CN1CCCC1)c1nc2c(s1)CCC=C2. The molecule has 2 aliphatic rings. The Hall–Kier alpha value is -0.670. The maximum atomic E-state index is 4.80. The van der Waals surface area contributed by atoms with E-state index in [4.69, 9.17) is 4.98 Å². The summed E-state index contributed by atoms with van der Waals surface area (Å²) in [5, 5.41) is 1.34. The van der Waals surface area contributed by atoms with Crippen molar-refractivity contribution in [3.05, 3.63) is 21.7 Å². The molecule has 3 heteroatoms. The maximum Gasteiger partial charge on any atom is 0.0976 e. The predicted octanol–water partition coefficient (Wildman–Crippen LogP) is 3.30. The molecule has 0 saturated carbocycles. The second-order valence-electron chi connectivity index (χ2n) is 5.21. The van der Waals surface area contributed by atoms with Crippen LogP contribution in [0.25, 0.3) is 6.08 Å². The van der Waals surface area contributed by atoms with Crippen LogP contribution in [0.2, 0.25) is 0 Å². The van der Waals surface area contributed by atoms with E-state index in [0.29, 0.717) is 5.92 Å². The van der Waals surface area contributed by atoms with Gasteiger partial charge in [0, 0.05) is 17.3 Å². The van der Waals surface area contributed by atoms with E-state index in [2.05, 4.69) is 24.0 Å². The minimum atomic E-state index is 0.595. The van der Waals surface area contributed by atoms with E-state index in [9.17, 15) is 0 Å². The topological polar surface area (TPSA) is 16.1 Å². The van der Waals surface area contributed by atoms with Crippen LogP contribution in [0.3, 0.4) is 0 Å². The smallest absolute Gasteiger partial charge is 0.0976 e. The van der Waals surface area contributed by atoms with E-state index in [1.807, 2.05) is 11.3 Å². The number of hydrogen-bond donors (Lipinski definition) is 0. The first-order valence-corrected chi connectivity index (χ1v) is 7.53. The number of aromatic nitrogens is 1. The summed E-state index contributed by atoms with van der Waals surface area (Å²) in [7, 11) is 0. The molecule has 3 rings (SSSR count). The first kappa shape index (κ1) is 11.4. The number of fused-ring (bicyclic) bond motifs is 1. The van der Waals surface area contributed by atoms with E-state index in [1.54, 1.807) is 0 Å². The molecule has 17 heavy (non-hydrogen) atoms. The van der Waals surface area contributed by atoms with Crippen LogP contribution in [0.5, 0.6) is 0 Å². The zero-order valence-corrected chi connectivity index (χ0v) is 11.3. The molecule has 1 fully saturated rings. The van der Waals surface area contributed by atoms with Gasteiger partial charge in [-0.15, -0.1) is 11.3 Å². The molecule has 2 nitrogen and oxygen atoms in total. The largest absolute Gasteiger partial charge is 0.303 e. The van der Waals surface area contributed by atoms with Crippen LogP contribution in [0.1, 0.15) is 47.7 Å². The summed E-state index contributed by atoms with van der Waals surface area (Å²) in [5.41, 5.74) is 1.24. The van der Waals surface area contributed by atoms with Crippen molar-refractivity contribution >= 4 is 17.4 Å². The van der Waals surface area contributed by atoms with Crippen molar-refractivity contribution in [1.29, 1.82) is 0 Å². The highest BCUT2D eigenvalue weighted by molar-refractivity contribution is 7.11. The van der Waals surface area contributed by atoms with Crippen molar-refractivity contribution in [2.24, 2.45) is 0 Å². The van der Waals surface area contributed by atoms with Gasteiger partial charge in [0.15, 0.2) is 0 Å². The summed E-state index contributed by atoms with van der Waals surface area (Å²) < 4.78 is 0. The molecule has 0 N–H and O–H groups in total. The standard InChI is InChI=1S/C14H20N2S/c1-11(10-16-8-4-5-9-16)14-15-12-6-2-3-7-13(12)17-14/h2,6,11H,3-5,7-10H2,1H3. The molecule has 1 aromatic heterocycles. The van der Waals surface area contributed by atoms with E-state index in [0.717, 1.165) is 0 Å². The number of nitrogens with zero attached hydrogens (tertiary/aromatic N) is 2. The van der Waals surface area contributed by atoms with Crippen LogP contribution in [0, 0.1) is 0 Å². The normalized spacial score (nSPS) is 21.7. The lowest BCUT2D eigenvalue weighted by atomic mass is 10.1. The average Bonchev–Trinajstić information content (AvgIpc) is 2.96. The molecule has 1 saturated heterocycles. The Kier molecular flexibility index (Phi) is 3.30. The Morgan fingerprint density at radius 3 is 3.00 bits per heavy atom. The van der Waals surface area contributed by atoms with Gasteiger partial charge < -0.3 is 4.90 Å². The highest BCUT2D eigenvalue weighted by Gasteiger charge is 2.20. The molecule has 2 heterocycles. The van der Waals surface area contributed by atoms with Crippen molar-refractivity contribution in [2.45, 2.75) is 38.5 Å². The molecule has 1 unspecified atom stereocenters. The number of thiazole rings is 1. The van der Waals surface area contributed by atoms with E-state index >= 15 is 0 Å². The fourth-order valence-electron chi connectivity index (χ4n) is 2.74. The Morgan fingerprint density at radius 1 is 1.41 bits per heavy atom. The molecule has 0 spiro atoms. The van der Waals surface area contributed by atoms with Gasteiger partial charge in [0.05, 0.1) is 10.7 Å². The van der Waals surface area contributed by atoms with Gasteiger partial charge in [0.2, 0.25) is 0 Å². The lowest BCUT2D eigenvalue weighted by molar-refractivity contribution is 0.320. The second-order valence-corrected chi connectivity index (χ2v) is 6.33. The molecule has 92 valence electrons. The third kappa shape index (κ3) is 2.45. The minimum absolute atomic E-state index is 0.595. The monoisotopic (exact) mass is 248 g/mol. The van der Waals surface area contributed by atoms with Gasteiger partial charge >= 0.3 is 0 Å². The van der Waals surface area contributed by atoms with Gasteiger partial charge in [-0.25, -0.2) is 4.98 Å². The Balaban J connectivity index is 1.70. The number of hydrogen-bond acceptors (Lipinski definition) is 3. The maximum absolute atomic E-state index is 4.80. The molecular weight excluding hydrogens is 228 g/mol. The van der Waals surface area contributed by atoms with Gasteiger partial charge in [-0.2, -0.15) is 0 Å². The van der Waals surface area contributed by atoms with Gasteiger partial charge in [-0.05, 0) is 44.8 Å². The molecule has 0 radical (unpaired) electrons. The summed E-state index contributed by atoms with van der Waals surface area (Å²) in [5.74, 6) is 0.595. The number of allylic oxidation sites excluding steroid dienone is 1.